The minimum Gasteiger partial charge on any atom is -0.347 e. The Hall–Kier alpha value is -0.421. The fourth-order valence-electron chi connectivity index (χ4n) is 2.83. The fourth-order valence-corrected chi connectivity index (χ4v) is 5.73. The van der Waals surface area contributed by atoms with Gasteiger partial charge >= 0.3 is 24.7 Å². The topological polar surface area (TPSA) is 60.5 Å². The Morgan fingerprint density at radius 3 is 2.07 bits per heavy atom. The Bertz CT molecular complexity index is 743. The average Bonchev–Trinajstić information content (AvgIpc) is 3.49. The van der Waals surface area contributed by atoms with Crippen LogP contribution in [0.1, 0.15) is 13.8 Å². The van der Waals surface area contributed by atoms with Crippen LogP contribution < -0.4 is 5.32 Å². The molecule has 1 aromatic heterocycles. The molecule has 2 saturated carbocycles. The Morgan fingerprint density at radius 2 is 1.53 bits per heavy atom. The number of hydrogen-bond donors (Lipinski definition) is 1. The Kier molecular flexibility index (Phi) is 11.4. The summed E-state index contributed by atoms with van der Waals surface area (Å²) in [6, 6.07) is 7.90. The maximum absolute atomic E-state index is 13.3. The normalized spacial score (nSPS) is 17.9. The van der Waals surface area contributed by atoms with Crippen LogP contribution in [-0.2, 0) is 30.7 Å². The minimum absolute atomic E-state index is 0. The summed E-state index contributed by atoms with van der Waals surface area (Å²) in [6.45, 7) is 4.25. The molecule has 1 aromatic carbocycles. The molecule has 0 aliphatic heterocycles. The molecule has 2 aliphatic carbocycles. The molecular formula is C22H25FeN2O3PS+2. The predicted molar refractivity (Wildman–Crippen MR) is 120 cm³/mol. The van der Waals surface area contributed by atoms with E-state index in [2.05, 4.69) is 10.3 Å². The van der Waals surface area contributed by atoms with Crippen molar-refractivity contribution in [1.29, 1.82) is 0 Å². The molecule has 0 amide bonds. The van der Waals surface area contributed by atoms with Crippen molar-refractivity contribution >= 4 is 34.3 Å². The van der Waals surface area contributed by atoms with Gasteiger partial charge in [-0.15, -0.1) is 0 Å². The quantitative estimate of drug-likeness (QED) is 0.384. The van der Waals surface area contributed by atoms with Crippen LogP contribution in [0.5, 0.6) is 0 Å². The molecule has 8 heteroatoms. The van der Waals surface area contributed by atoms with E-state index in [0.717, 1.165) is 16.1 Å². The summed E-state index contributed by atoms with van der Waals surface area (Å²) in [4.78, 5) is 4.57. The number of thiazole rings is 1. The van der Waals surface area contributed by atoms with Gasteiger partial charge in [0.25, 0.3) is 0 Å². The van der Waals surface area contributed by atoms with Crippen LogP contribution in [-0.4, -0.2) is 24.0 Å². The monoisotopic (exact) mass is 484 g/mol. The van der Waals surface area contributed by atoms with Gasteiger partial charge in [0.2, 0.25) is 0 Å². The molecule has 30 heavy (non-hydrogen) atoms. The van der Waals surface area contributed by atoms with E-state index in [9.17, 15) is 4.57 Å². The van der Waals surface area contributed by atoms with Crippen molar-refractivity contribution in [2.24, 2.45) is 0 Å². The number of nitrogens with one attached hydrogen (secondary N) is 1. The molecule has 1 heterocycles. The van der Waals surface area contributed by atoms with Crippen LogP contribution in [0.4, 0.5) is 5.13 Å². The van der Waals surface area contributed by atoms with Crippen molar-refractivity contribution in [3.8, 4) is 0 Å². The number of para-hydroxylation sites is 1. The van der Waals surface area contributed by atoms with E-state index in [0.29, 0.717) is 18.3 Å². The molecule has 2 aliphatic rings. The predicted octanol–water partition coefficient (Wildman–Crippen LogP) is 5.72. The standard InChI is InChI=1S/C17H20N2O3PS.C5H5.Fe/c1-3-21-23(20,22-4-2)16(13-9-5-6-10-13)19-17-18-14-11-7-8-12-15(14)24-17;1-2-4-5-3-1;/h5-12,16H,3-4H2,1-2H3,(H,18,19);1-5H;/q;;+2. The molecule has 1 atom stereocenters. The molecular weight excluding hydrogens is 459 g/mol. The van der Waals surface area contributed by atoms with Crippen LogP contribution in [0.3, 0.4) is 0 Å². The van der Waals surface area contributed by atoms with Gasteiger partial charge in [-0.3, -0.25) is 4.57 Å². The zero-order valence-electron chi connectivity index (χ0n) is 16.9. The summed E-state index contributed by atoms with van der Waals surface area (Å²) in [5, 5.41) is 3.97. The van der Waals surface area contributed by atoms with E-state index in [1.54, 1.807) is 0 Å². The molecule has 0 bridgehead atoms. The van der Waals surface area contributed by atoms with Crippen molar-refractivity contribution in [2.75, 3.05) is 18.5 Å². The second-order valence-corrected chi connectivity index (χ2v) is 9.23. The molecule has 2 aromatic rings. The number of anilines is 1. The molecule has 4 rings (SSSR count). The second-order valence-electron chi connectivity index (χ2n) is 6.09. The van der Waals surface area contributed by atoms with Crippen LogP contribution in [0.2, 0.25) is 0 Å². The minimum atomic E-state index is -3.37. The summed E-state index contributed by atoms with van der Waals surface area (Å²) in [6.07, 6.45) is 17.6. The van der Waals surface area contributed by atoms with Crippen molar-refractivity contribution in [3.05, 3.63) is 88.0 Å². The van der Waals surface area contributed by atoms with E-state index in [-0.39, 0.29) is 17.1 Å². The first-order valence-electron chi connectivity index (χ1n) is 9.55. The van der Waals surface area contributed by atoms with E-state index >= 15 is 0 Å². The van der Waals surface area contributed by atoms with Gasteiger partial charge in [-0.25, -0.2) is 4.98 Å². The van der Waals surface area contributed by atoms with Gasteiger partial charge in [-0.05, 0) is 83.8 Å². The van der Waals surface area contributed by atoms with Gasteiger partial charge < -0.3 is 14.4 Å². The SMILES string of the molecule is CCOP(=O)(OCC)C(Nc1nc2ccccc2s1)[C]1[CH][CH][CH][CH]1.[CH]1[CH][CH][CH][CH]1.[Fe+2]. The largest absolute Gasteiger partial charge is 2.00 e. The van der Waals surface area contributed by atoms with Crippen LogP contribution in [0.15, 0.2) is 24.3 Å². The molecule has 5 nitrogen and oxygen atoms in total. The maximum Gasteiger partial charge on any atom is 2.00 e. The summed E-state index contributed by atoms with van der Waals surface area (Å²) >= 11 is 1.52. The van der Waals surface area contributed by atoms with E-state index < -0.39 is 13.4 Å². The van der Waals surface area contributed by atoms with Crippen LogP contribution in [0.25, 0.3) is 10.2 Å². The Morgan fingerprint density at radius 1 is 0.967 bits per heavy atom. The molecule has 0 spiro atoms. The zero-order valence-corrected chi connectivity index (χ0v) is 19.7. The number of benzene rings is 1. The number of hydrogen-bond acceptors (Lipinski definition) is 6. The fraction of sp³-hybridized carbons (Fsp3) is 0.227. The first kappa shape index (κ1) is 25.8. The average molecular weight is 484 g/mol. The zero-order chi connectivity index (χ0) is 20.5. The second kappa shape index (κ2) is 13.2. The molecule has 1 N–H and O–H groups in total. The van der Waals surface area contributed by atoms with Crippen molar-refractivity contribution in [3.63, 3.8) is 0 Å². The maximum atomic E-state index is 13.3. The van der Waals surface area contributed by atoms with Gasteiger partial charge in [-0.2, -0.15) is 0 Å². The number of fused-ring (bicyclic) bond motifs is 1. The van der Waals surface area contributed by atoms with E-state index in [1.807, 2.05) is 95.9 Å². The summed E-state index contributed by atoms with van der Waals surface area (Å²) in [5.74, 6) is 0.271. The number of nitrogens with zero attached hydrogens (tertiary/aromatic N) is 1. The Balaban J connectivity index is 0.000000468. The number of aromatic nitrogens is 1. The molecule has 0 saturated heterocycles. The van der Waals surface area contributed by atoms with Gasteiger partial charge in [0.15, 0.2) is 5.13 Å². The molecule has 2 fully saturated rings. The smallest absolute Gasteiger partial charge is 0.347 e. The van der Waals surface area contributed by atoms with Crippen molar-refractivity contribution in [1.82, 2.24) is 4.98 Å². The van der Waals surface area contributed by atoms with Gasteiger partial charge in [0, 0.05) is 5.92 Å². The summed E-state index contributed by atoms with van der Waals surface area (Å²) < 4.78 is 25.5. The summed E-state index contributed by atoms with van der Waals surface area (Å²) in [7, 11) is -3.37. The number of rotatable bonds is 8. The molecule has 10 radical (unpaired) electrons. The van der Waals surface area contributed by atoms with E-state index in [1.165, 1.54) is 11.3 Å². The van der Waals surface area contributed by atoms with Gasteiger partial charge in [0.1, 0.15) is 5.78 Å². The van der Waals surface area contributed by atoms with Crippen molar-refractivity contribution < 1.29 is 30.7 Å². The van der Waals surface area contributed by atoms with Gasteiger partial charge in [-0.1, -0.05) is 23.5 Å². The van der Waals surface area contributed by atoms with E-state index in [4.69, 9.17) is 9.05 Å². The van der Waals surface area contributed by atoms with Crippen LogP contribution >= 0.6 is 18.9 Å². The molecule has 1 unspecified atom stereocenters. The first-order chi connectivity index (χ1) is 14.2. The van der Waals surface area contributed by atoms with Crippen LogP contribution in [0, 0.1) is 63.7 Å². The molecule has 158 valence electrons. The van der Waals surface area contributed by atoms with Crippen molar-refractivity contribution in [2.45, 2.75) is 19.6 Å². The third-order valence-electron chi connectivity index (χ3n) is 4.05. The summed E-state index contributed by atoms with van der Waals surface area (Å²) in [5.41, 5.74) is 0.911. The first-order valence-corrected chi connectivity index (χ1v) is 12.0. The Labute approximate surface area is 195 Å². The third kappa shape index (κ3) is 7.05. The third-order valence-corrected chi connectivity index (χ3v) is 7.31. The van der Waals surface area contributed by atoms with Gasteiger partial charge in [0.05, 0.1) is 23.4 Å².